The van der Waals surface area contributed by atoms with Crippen molar-refractivity contribution >= 4 is 43.1 Å². The first-order chi connectivity index (χ1) is 14.6. The number of benzene rings is 6. The molecule has 6 rings (SSSR count). The Balaban J connectivity index is 1.87. The van der Waals surface area contributed by atoms with Crippen LogP contribution < -0.4 is 0 Å². The lowest BCUT2D eigenvalue weighted by molar-refractivity contribution is 0.458. The molecule has 0 aliphatic heterocycles. The first-order valence-corrected chi connectivity index (χ1v) is 9.48. The average Bonchev–Trinajstić information content (AvgIpc) is 2.76. The highest BCUT2D eigenvalue weighted by atomic mass is 19.2. The van der Waals surface area contributed by atoms with Gasteiger partial charge in [-0.05, 0) is 48.7 Å². The summed E-state index contributed by atoms with van der Waals surface area (Å²) in [7, 11) is 0. The van der Waals surface area contributed by atoms with Gasteiger partial charge < -0.3 is 0 Å². The van der Waals surface area contributed by atoms with Crippen LogP contribution in [-0.2, 0) is 0 Å². The first kappa shape index (κ1) is 17.2. The van der Waals surface area contributed by atoms with E-state index in [1.807, 2.05) is 42.5 Å². The molecule has 0 saturated heterocycles. The minimum atomic E-state index is -1.42. The van der Waals surface area contributed by atoms with Crippen LogP contribution in [0.4, 0.5) is 17.6 Å². The van der Waals surface area contributed by atoms with Crippen LogP contribution in [0.25, 0.3) is 54.2 Å². The molecular weight excluding hydrogens is 388 g/mol. The normalized spacial score (nSPS) is 12.0. The van der Waals surface area contributed by atoms with Crippen molar-refractivity contribution < 1.29 is 17.6 Å². The van der Waals surface area contributed by atoms with Gasteiger partial charge in [0.25, 0.3) is 0 Å². The Morgan fingerprint density at radius 3 is 1.60 bits per heavy atom. The molecule has 144 valence electrons. The van der Waals surface area contributed by atoms with Crippen molar-refractivity contribution in [1.82, 2.24) is 0 Å². The molecule has 0 N–H and O–H groups in total. The van der Waals surface area contributed by atoms with Crippen LogP contribution in [0.2, 0.25) is 0 Å². The van der Waals surface area contributed by atoms with Gasteiger partial charge in [0, 0.05) is 6.07 Å². The van der Waals surface area contributed by atoms with Crippen LogP contribution in [0.15, 0.2) is 72.8 Å². The maximum absolute atomic E-state index is 14.6. The summed E-state index contributed by atoms with van der Waals surface area (Å²) < 4.78 is 57.0. The monoisotopic (exact) mass is 400 g/mol. The van der Waals surface area contributed by atoms with E-state index in [9.17, 15) is 17.6 Å². The van der Waals surface area contributed by atoms with E-state index in [4.69, 9.17) is 0 Å². The fourth-order valence-corrected chi connectivity index (χ4v) is 4.67. The Morgan fingerprint density at radius 1 is 0.467 bits per heavy atom. The van der Waals surface area contributed by atoms with Gasteiger partial charge in [0.15, 0.2) is 23.3 Å². The average molecular weight is 400 g/mol. The van der Waals surface area contributed by atoms with E-state index in [-0.39, 0.29) is 11.6 Å². The van der Waals surface area contributed by atoms with Crippen LogP contribution in [-0.4, -0.2) is 0 Å². The molecule has 0 spiro atoms. The van der Waals surface area contributed by atoms with E-state index >= 15 is 0 Å². The van der Waals surface area contributed by atoms with Crippen molar-refractivity contribution in [1.29, 1.82) is 0 Å². The first-order valence-electron chi connectivity index (χ1n) is 9.48. The molecule has 0 unspecified atom stereocenters. The summed E-state index contributed by atoms with van der Waals surface area (Å²) in [6, 6.07) is 21.1. The van der Waals surface area contributed by atoms with Crippen molar-refractivity contribution in [3.05, 3.63) is 96.1 Å². The summed E-state index contributed by atoms with van der Waals surface area (Å²) in [4.78, 5) is 0. The summed E-state index contributed by atoms with van der Waals surface area (Å²) >= 11 is 0. The second-order valence-corrected chi connectivity index (χ2v) is 7.44. The fraction of sp³-hybridized carbons (Fsp3) is 0. The lowest BCUT2D eigenvalue weighted by atomic mass is 9.87. The molecular formula is C26H12F4. The Kier molecular flexibility index (Phi) is 3.40. The van der Waals surface area contributed by atoms with Gasteiger partial charge >= 0.3 is 0 Å². The number of halogens is 4. The molecule has 0 aliphatic rings. The predicted octanol–water partition coefficient (Wildman–Crippen LogP) is 7.96. The van der Waals surface area contributed by atoms with Crippen molar-refractivity contribution in [2.75, 3.05) is 0 Å². The molecule has 0 fully saturated rings. The molecule has 4 heteroatoms. The Hall–Kier alpha value is -3.66. The van der Waals surface area contributed by atoms with Crippen molar-refractivity contribution in [3.8, 4) is 11.1 Å². The molecule has 0 saturated carbocycles. The number of hydrogen-bond acceptors (Lipinski definition) is 0. The number of fused-ring (bicyclic) bond motifs is 2. The Morgan fingerprint density at radius 2 is 0.967 bits per heavy atom. The summed E-state index contributed by atoms with van der Waals surface area (Å²) in [5, 5.41) is 7.44. The highest BCUT2D eigenvalue weighted by molar-refractivity contribution is 6.34. The van der Waals surface area contributed by atoms with Crippen LogP contribution in [0, 0.1) is 23.3 Å². The van der Waals surface area contributed by atoms with Crippen molar-refractivity contribution in [2.24, 2.45) is 0 Å². The van der Waals surface area contributed by atoms with E-state index in [2.05, 4.69) is 0 Å². The number of rotatable bonds is 1. The zero-order valence-electron chi connectivity index (χ0n) is 15.4. The van der Waals surface area contributed by atoms with Gasteiger partial charge in [-0.3, -0.25) is 0 Å². The van der Waals surface area contributed by atoms with Crippen LogP contribution in [0.5, 0.6) is 0 Å². The van der Waals surface area contributed by atoms with Crippen molar-refractivity contribution in [2.45, 2.75) is 0 Å². The Labute approximate surface area is 168 Å². The second kappa shape index (κ2) is 5.92. The Bertz CT molecular complexity index is 1560. The third-order valence-electron chi connectivity index (χ3n) is 5.91. The highest BCUT2D eigenvalue weighted by Crippen LogP contribution is 2.44. The lowest BCUT2D eigenvalue weighted by Crippen LogP contribution is -1.99. The summed E-state index contributed by atoms with van der Waals surface area (Å²) in [6.45, 7) is 0. The molecule has 0 aliphatic carbocycles. The zero-order chi connectivity index (χ0) is 20.6. The molecule has 0 bridgehead atoms. The molecule has 0 radical (unpaired) electrons. The van der Waals surface area contributed by atoms with E-state index in [1.165, 1.54) is 6.07 Å². The third-order valence-corrected chi connectivity index (χ3v) is 5.91. The highest BCUT2D eigenvalue weighted by Gasteiger charge is 2.23. The SMILES string of the molecule is Fc1cc(F)c(F)c(-c2ccc3c4cccc5cccc(c6cccc2c63)c54)c1F. The molecule has 0 amide bonds. The molecule has 0 aromatic heterocycles. The molecule has 0 nitrogen and oxygen atoms in total. The smallest absolute Gasteiger partial charge is 0.169 e. The van der Waals surface area contributed by atoms with Crippen molar-refractivity contribution in [3.63, 3.8) is 0 Å². The largest absolute Gasteiger partial charge is 0.204 e. The van der Waals surface area contributed by atoms with Gasteiger partial charge in [-0.2, -0.15) is 0 Å². The summed E-state index contributed by atoms with van der Waals surface area (Å²) in [5.41, 5.74) is -0.566. The van der Waals surface area contributed by atoms with E-state index in [0.717, 1.165) is 37.7 Å². The van der Waals surface area contributed by atoms with E-state index < -0.39 is 28.8 Å². The maximum atomic E-state index is 14.6. The lowest BCUT2D eigenvalue weighted by Gasteiger charge is -2.17. The van der Waals surface area contributed by atoms with Crippen LogP contribution in [0.3, 0.4) is 0 Å². The minimum absolute atomic E-state index is 0.121. The van der Waals surface area contributed by atoms with E-state index in [0.29, 0.717) is 5.39 Å². The molecule has 6 aromatic rings. The van der Waals surface area contributed by atoms with Gasteiger partial charge in [-0.1, -0.05) is 66.7 Å². The quantitative estimate of drug-likeness (QED) is 0.114. The standard InChI is InChI=1S/C26H12F4/c27-20-12-21(28)26(30)24(25(20)29)19-11-10-18-15-7-2-5-13-4-1-6-14(22(13)15)16-8-3-9-17(19)23(16)18/h1-12H. The number of hydrogen-bond donors (Lipinski definition) is 0. The zero-order valence-corrected chi connectivity index (χ0v) is 15.4. The summed E-state index contributed by atoms with van der Waals surface area (Å²) in [6.07, 6.45) is 0. The topological polar surface area (TPSA) is 0 Å². The maximum Gasteiger partial charge on any atom is 0.169 e. The van der Waals surface area contributed by atoms with Crippen LogP contribution >= 0.6 is 0 Å². The third kappa shape index (κ3) is 2.11. The van der Waals surface area contributed by atoms with Gasteiger partial charge in [0.1, 0.15) is 0 Å². The van der Waals surface area contributed by atoms with Gasteiger partial charge in [0.2, 0.25) is 0 Å². The van der Waals surface area contributed by atoms with Gasteiger partial charge in [-0.25, -0.2) is 17.6 Å². The van der Waals surface area contributed by atoms with Gasteiger partial charge in [-0.15, -0.1) is 0 Å². The molecule has 30 heavy (non-hydrogen) atoms. The minimum Gasteiger partial charge on any atom is -0.204 e. The molecule has 6 aromatic carbocycles. The summed E-state index contributed by atoms with van der Waals surface area (Å²) in [5.74, 6) is -5.63. The van der Waals surface area contributed by atoms with E-state index in [1.54, 1.807) is 18.2 Å². The molecule has 0 atom stereocenters. The van der Waals surface area contributed by atoms with Crippen LogP contribution in [0.1, 0.15) is 0 Å². The van der Waals surface area contributed by atoms with Gasteiger partial charge in [0.05, 0.1) is 5.56 Å². The predicted molar refractivity (Wildman–Crippen MR) is 113 cm³/mol. The molecule has 0 heterocycles. The fourth-order valence-electron chi connectivity index (χ4n) is 4.67. The second-order valence-electron chi connectivity index (χ2n) is 7.44.